The zero-order valence-electron chi connectivity index (χ0n) is 13.3. The van der Waals surface area contributed by atoms with Crippen molar-refractivity contribution in [2.24, 2.45) is 17.6 Å². The van der Waals surface area contributed by atoms with Crippen LogP contribution in [0.2, 0.25) is 0 Å². The molecule has 0 fully saturated rings. The Labute approximate surface area is 132 Å². The summed E-state index contributed by atoms with van der Waals surface area (Å²) in [5.74, 6) is 1.84. The molecule has 1 amide bonds. The molecule has 0 aliphatic rings. The Morgan fingerprint density at radius 2 is 2.00 bits per heavy atom. The lowest BCUT2D eigenvalue weighted by molar-refractivity contribution is -0.125. The van der Waals surface area contributed by atoms with Crippen LogP contribution in [0, 0.1) is 11.8 Å². The summed E-state index contributed by atoms with van der Waals surface area (Å²) in [7, 11) is 0. The van der Waals surface area contributed by atoms with Crippen molar-refractivity contribution >= 4 is 17.7 Å². The fourth-order valence-corrected chi connectivity index (χ4v) is 2.24. The molecular weight excluding hydrogens is 292 g/mol. The molecule has 0 aliphatic heterocycles. The minimum Gasteiger partial charge on any atom is -0.379 e. The standard InChI is InChI=1S/C14H30N2O4S/c1-4-11(2)14(18)16-5-6-19-10-20-7-8-21-9-12(3)13(15)17/h11-13,17H,4-10,15H2,1-3H3,(H,16,18). The molecule has 0 bridgehead atoms. The molecule has 0 aromatic heterocycles. The largest absolute Gasteiger partial charge is 0.379 e. The molecule has 0 aromatic carbocycles. The van der Waals surface area contributed by atoms with E-state index < -0.39 is 6.23 Å². The molecule has 6 nitrogen and oxygen atoms in total. The lowest BCUT2D eigenvalue weighted by Gasteiger charge is -2.13. The lowest BCUT2D eigenvalue weighted by atomic mass is 10.1. The molecule has 0 aromatic rings. The summed E-state index contributed by atoms with van der Waals surface area (Å²) in [4.78, 5) is 11.5. The van der Waals surface area contributed by atoms with Crippen molar-refractivity contribution in [1.29, 1.82) is 0 Å². The van der Waals surface area contributed by atoms with Gasteiger partial charge in [-0.25, -0.2) is 0 Å². The van der Waals surface area contributed by atoms with Gasteiger partial charge in [0.2, 0.25) is 5.91 Å². The number of ether oxygens (including phenoxy) is 2. The molecule has 0 heterocycles. The number of aliphatic hydroxyl groups excluding tert-OH is 1. The van der Waals surface area contributed by atoms with Crippen LogP contribution >= 0.6 is 11.8 Å². The van der Waals surface area contributed by atoms with Gasteiger partial charge in [0.1, 0.15) is 13.0 Å². The van der Waals surface area contributed by atoms with Crippen molar-refractivity contribution in [3.63, 3.8) is 0 Å². The average molecular weight is 322 g/mol. The number of nitrogens with one attached hydrogen (secondary N) is 1. The molecule has 0 spiro atoms. The van der Waals surface area contributed by atoms with Crippen LogP contribution in [0.4, 0.5) is 0 Å². The Bertz CT molecular complexity index is 267. The van der Waals surface area contributed by atoms with Gasteiger partial charge in [0.05, 0.1) is 13.2 Å². The SMILES string of the molecule is CCC(C)C(=O)NCCOCOCCSCC(C)C(N)O. The minimum absolute atomic E-state index is 0.0488. The number of thioether (sulfide) groups is 1. The maximum absolute atomic E-state index is 11.5. The Morgan fingerprint density at radius 3 is 2.62 bits per heavy atom. The zero-order valence-corrected chi connectivity index (χ0v) is 14.2. The van der Waals surface area contributed by atoms with Gasteiger partial charge < -0.3 is 25.6 Å². The summed E-state index contributed by atoms with van der Waals surface area (Å²) < 4.78 is 10.6. The van der Waals surface area contributed by atoms with E-state index in [0.717, 1.165) is 17.9 Å². The highest BCUT2D eigenvalue weighted by molar-refractivity contribution is 7.99. The fourth-order valence-electron chi connectivity index (χ4n) is 1.27. The highest BCUT2D eigenvalue weighted by Crippen LogP contribution is 2.09. The second-order valence-electron chi connectivity index (χ2n) is 5.08. The topological polar surface area (TPSA) is 93.8 Å². The van der Waals surface area contributed by atoms with Crippen molar-refractivity contribution < 1.29 is 19.4 Å². The highest BCUT2D eigenvalue weighted by atomic mass is 32.2. The molecule has 3 atom stereocenters. The van der Waals surface area contributed by atoms with E-state index in [-0.39, 0.29) is 24.5 Å². The van der Waals surface area contributed by atoms with Gasteiger partial charge in [0.15, 0.2) is 0 Å². The fraction of sp³-hybridized carbons (Fsp3) is 0.929. The molecular formula is C14H30N2O4S. The number of carbonyl (C=O) groups is 1. The Kier molecular flexibility index (Phi) is 13.1. The average Bonchev–Trinajstić information content (AvgIpc) is 2.47. The minimum atomic E-state index is -0.757. The summed E-state index contributed by atoms with van der Waals surface area (Å²) in [5.41, 5.74) is 5.35. The summed E-state index contributed by atoms with van der Waals surface area (Å²) >= 11 is 1.69. The summed E-state index contributed by atoms with van der Waals surface area (Å²) in [6, 6.07) is 0. The molecule has 7 heteroatoms. The number of hydrogen-bond acceptors (Lipinski definition) is 6. The van der Waals surface area contributed by atoms with Crippen LogP contribution in [0.15, 0.2) is 0 Å². The molecule has 0 saturated carbocycles. The summed E-state index contributed by atoms with van der Waals surface area (Å²) in [6.45, 7) is 7.59. The first-order chi connectivity index (χ1) is 9.99. The Morgan fingerprint density at radius 1 is 1.33 bits per heavy atom. The summed E-state index contributed by atoms with van der Waals surface area (Å²) in [6.07, 6.45) is 0.0835. The maximum atomic E-state index is 11.5. The molecule has 3 unspecified atom stereocenters. The highest BCUT2D eigenvalue weighted by Gasteiger charge is 2.09. The van der Waals surface area contributed by atoms with E-state index in [1.54, 1.807) is 11.8 Å². The van der Waals surface area contributed by atoms with Crippen molar-refractivity contribution in [3.8, 4) is 0 Å². The Hall–Kier alpha value is -0.340. The smallest absolute Gasteiger partial charge is 0.222 e. The second kappa shape index (κ2) is 13.3. The van der Waals surface area contributed by atoms with Gasteiger partial charge >= 0.3 is 0 Å². The molecule has 4 N–H and O–H groups in total. The molecule has 0 radical (unpaired) electrons. The lowest BCUT2D eigenvalue weighted by Crippen LogP contribution is -2.31. The van der Waals surface area contributed by atoms with Gasteiger partial charge in [0.25, 0.3) is 0 Å². The van der Waals surface area contributed by atoms with Crippen molar-refractivity contribution in [3.05, 3.63) is 0 Å². The van der Waals surface area contributed by atoms with E-state index >= 15 is 0 Å². The molecule has 21 heavy (non-hydrogen) atoms. The third-order valence-corrected chi connectivity index (χ3v) is 4.32. The number of hydrogen-bond donors (Lipinski definition) is 3. The van der Waals surface area contributed by atoms with E-state index in [4.69, 9.17) is 20.3 Å². The van der Waals surface area contributed by atoms with Crippen molar-refractivity contribution in [1.82, 2.24) is 5.32 Å². The maximum Gasteiger partial charge on any atom is 0.222 e. The van der Waals surface area contributed by atoms with Gasteiger partial charge in [-0.05, 0) is 12.2 Å². The third kappa shape index (κ3) is 11.9. The number of rotatable bonds is 13. The first kappa shape index (κ1) is 20.7. The number of amides is 1. The van der Waals surface area contributed by atoms with Crippen molar-refractivity contribution in [2.45, 2.75) is 33.4 Å². The van der Waals surface area contributed by atoms with Crippen LogP contribution < -0.4 is 11.1 Å². The zero-order chi connectivity index (χ0) is 16.1. The molecule has 0 rings (SSSR count). The van der Waals surface area contributed by atoms with E-state index in [1.807, 2.05) is 20.8 Å². The molecule has 126 valence electrons. The quantitative estimate of drug-likeness (QED) is 0.343. The number of nitrogens with two attached hydrogens (primary N) is 1. The van der Waals surface area contributed by atoms with Gasteiger partial charge in [-0.15, -0.1) is 0 Å². The van der Waals surface area contributed by atoms with Gasteiger partial charge in [-0.3, -0.25) is 4.79 Å². The van der Waals surface area contributed by atoms with Gasteiger partial charge in [0, 0.05) is 24.1 Å². The van der Waals surface area contributed by atoms with Crippen LogP contribution in [0.25, 0.3) is 0 Å². The predicted molar refractivity (Wildman–Crippen MR) is 85.9 cm³/mol. The Balaban J connectivity index is 3.25. The predicted octanol–water partition coefficient (Wildman–Crippen LogP) is 0.786. The van der Waals surface area contributed by atoms with Crippen LogP contribution in [0.5, 0.6) is 0 Å². The molecule has 0 aliphatic carbocycles. The van der Waals surface area contributed by atoms with Crippen LogP contribution in [0.1, 0.15) is 27.2 Å². The molecule has 0 saturated heterocycles. The van der Waals surface area contributed by atoms with Crippen LogP contribution in [-0.2, 0) is 14.3 Å². The number of aliphatic hydroxyl groups is 1. The van der Waals surface area contributed by atoms with Gasteiger partial charge in [-0.2, -0.15) is 11.8 Å². The van der Waals surface area contributed by atoms with E-state index in [1.165, 1.54) is 0 Å². The second-order valence-corrected chi connectivity index (χ2v) is 6.23. The third-order valence-electron chi connectivity index (χ3n) is 3.11. The monoisotopic (exact) mass is 322 g/mol. The van der Waals surface area contributed by atoms with Crippen LogP contribution in [0.3, 0.4) is 0 Å². The normalized spacial score (nSPS) is 15.5. The van der Waals surface area contributed by atoms with E-state index in [2.05, 4.69) is 5.32 Å². The van der Waals surface area contributed by atoms with Gasteiger partial charge in [-0.1, -0.05) is 20.8 Å². The first-order valence-corrected chi connectivity index (χ1v) is 8.59. The number of carbonyl (C=O) groups excluding carboxylic acids is 1. The van der Waals surface area contributed by atoms with Crippen molar-refractivity contribution in [2.75, 3.05) is 38.1 Å². The van der Waals surface area contributed by atoms with E-state index in [0.29, 0.717) is 19.8 Å². The van der Waals surface area contributed by atoms with Crippen LogP contribution in [-0.4, -0.2) is 55.3 Å². The van der Waals surface area contributed by atoms with E-state index in [9.17, 15) is 4.79 Å². The summed E-state index contributed by atoms with van der Waals surface area (Å²) in [5, 5.41) is 11.9. The first-order valence-electron chi connectivity index (χ1n) is 7.43.